The molecule has 0 aliphatic carbocycles. The van der Waals surface area contributed by atoms with Crippen molar-refractivity contribution in [2.24, 2.45) is 5.73 Å². The molecule has 0 spiro atoms. The Bertz CT molecular complexity index is 548. The molecule has 4 nitrogen and oxygen atoms in total. The molecule has 5 heteroatoms. The zero-order chi connectivity index (χ0) is 13.7. The number of benzene rings is 1. The van der Waals surface area contributed by atoms with Gasteiger partial charge in [0, 0.05) is 6.54 Å². The van der Waals surface area contributed by atoms with Gasteiger partial charge in [0.1, 0.15) is 4.88 Å². The average molecular weight is 275 g/mol. The lowest BCUT2D eigenvalue weighted by Crippen LogP contribution is -2.21. The Hall–Kier alpha value is -1.72. The largest absolute Gasteiger partial charge is 0.347 e. The molecule has 3 N–H and O–H groups in total. The molecule has 0 fully saturated rings. The maximum Gasteiger partial charge on any atom is 0.263 e. The minimum absolute atomic E-state index is 0.0726. The number of carbonyl (C=O) groups is 1. The van der Waals surface area contributed by atoms with E-state index in [2.05, 4.69) is 10.3 Å². The molecular weight excluding hydrogens is 258 g/mol. The predicted molar refractivity (Wildman–Crippen MR) is 77.2 cm³/mol. The molecule has 19 heavy (non-hydrogen) atoms. The Balaban J connectivity index is 1.89. The van der Waals surface area contributed by atoms with Crippen molar-refractivity contribution in [1.82, 2.24) is 10.3 Å². The first-order chi connectivity index (χ1) is 9.19. The highest BCUT2D eigenvalue weighted by molar-refractivity contribution is 7.13. The van der Waals surface area contributed by atoms with Crippen LogP contribution in [0.1, 0.15) is 25.8 Å². The average Bonchev–Trinajstić information content (AvgIpc) is 2.85. The Morgan fingerprint density at radius 1 is 1.32 bits per heavy atom. The molecule has 0 unspecified atom stereocenters. The first-order valence-electron chi connectivity index (χ1n) is 6.17. The van der Waals surface area contributed by atoms with Gasteiger partial charge in [-0.3, -0.25) is 4.79 Å². The molecule has 1 amide bonds. The SMILES string of the molecule is Cc1ncc(C(=O)NCc2ccc(CCN)cc2)s1. The summed E-state index contributed by atoms with van der Waals surface area (Å²) < 4.78 is 0. The van der Waals surface area contributed by atoms with Crippen LogP contribution in [0, 0.1) is 6.92 Å². The maximum atomic E-state index is 11.8. The molecule has 0 saturated carbocycles. The highest BCUT2D eigenvalue weighted by atomic mass is 32.1. The van der Waals surface area contributed by atoms with E-state index in [1.807, 2.05) is 31.2 Å². The summed E-state index contributed by atoms with van der Waals surface area (Å²) in [5.41, 5.74) is 7.80. The Kier molecular flexibility index (Phi) is 4.65. The van der Waals surface area contributed by atoms with Crippen molar-refractivity contribution in [3.05, 3.63) is 51.5 Å². The van der Waals surface area contributed by atoms with E-state index in [0.29, 0.717) is 18.0 Å². The zero-order valence-corrected chi connectivity index (χ0v) is 11.7. The standard InChI is InChI=1S/C14H17N3OS/c1-10-16-9-13(19-10)14(18)17-8-12-4-2-11(3-5-12)6-7-15/h2-5,9H,6-8,15H2,1H3,(H,17,18). The fourth-order valence-corrected chi connectivity index (χ4v) is 2.42. The van der Waals surface area contributed by atoms with Gasteiger partial charge < -0.3 is 11.1 Å². The van der Waals surface area contributed by atoms with E-state index in [4.69, 9.17) is 5.73 Å². The molecule has 100 valence electrons. The van der Waals surface area contributed by atoms with Gasteiger partial charge in [-0.25, -0.2) is 4.98 Å². The number of nitrogens with one attached hydrogen (secondary N) is 1. The summed E-state index contributed by atoms with van der Waals surface area (Å²) in [4.78, 5) is 16.6. The highest BCUT2D eigenvalue weighted by Crippen LogP contribution is 2.11. The van der Waals surface area contributed by atoms with Gasteiger partial charge in [-0.15, -0.1) is 11.3 Å². The second-order valence-corrected chi connectivity index (χ2v) is 5.52. The molecule has 0 aliphatic heterocycles. The number of aryl methyl sites for hydroxylation is 1. The van der Waals surface area contributed by atoms with Gasteiger partial charge in [0.15, 0.2) is 0 Å². The van der Waals surface area contributed by atoms with Gasteiger partial charge >= 0.3 is 0 Å². The number of hydrogen-bond acceptors (Lipinski definition) is 4. The molecule has 2 rings (SSSR count). The number of carbonyl (C=O) groups excluding carboxylic acids is 1. The van der Waals surface area contributed by atoms with E-state index in [1.165, 1.54) is 16.9 Å². The first-order valence-corrected chi connectivity index (χ1v) is 6.99. The summed E-state index contributed by atoms with van der Waals surface area (Å²) >= 11 is 1.40. The number of rotatable bonds is 5. The molecule has 1 heterocycles. The highest BCUT2D eigenvalue weighted by Gasteiger charge is 2.08. The van der Waals surface area contributed by atoms with Crippen molar-refractivity contribution >= 4 is 17.2 Å². The predicted octanol–water partition coefficient (Wildman–Crippen LogP) is 1.88. The molecule has 0 bridgehead atoms. The van der Waals surface area contributed by atoms with Crippen LogP contribution < -0.4 is 11.1 Å². The minimum atomic E-state index is -0.0726. The van der Waals surface area contributed by atoms with Gasteiger partial charge in [0.2, 0.25) is 0 Å². The van der Waals surface area contributed by atoms with Crippen LogP contribution in [0.4, 0.5) is 0 Å². The van der Waals surface area contributed by atoms with E-state index in [9.17, 15) is 4.79 Å². The van der Waals surface area contributed by atoms with Crippen LogP contribution in [-0.4, -0.2) is 17.4 Å². The molecule has 2 aromatic rings. The third kappa shape index (κ3) is 3.87. The molecule has 0 aliphatic rings. The molecule has 0 atom stereocenters. The maximum absolute atomic E-state index is 11.8. The van der Waals surface area contributed by atoms with Crippen molar-refractivity contribution in [2.75, 3.05) is 6.54 Å². The summed E-state index contributed by atoms with van der Waals surface area (Å²) in [6, 6.07) is 8.13. The monoisotopic (exact) mass is 275 g/mol. The third-order valence-corrected chi connectivity index (χ3v) is 3.67. The third-order valence-electron chi connectivity index (χ3n) is 2.75. The zero-order valence-electron chi connectivity index (χ0n) is 10.8. The Morgan fingerprint density at radius 3 is 2.58 bits per heavy atom. The summed E-state index contributed by atoms with van der Waals surface area (Å²) in [6.07, 6.45) is 2.49. The summed E-state index contributed by atoms with van der Waals surface area (Å²) in [5.74, 6) is -0.0726. The lowest BCUT2D eigenvalue weighted by atomic mass is 10.1. The van der Waals surface area contributed by atoms with Crippen molar-refractivity contribution < 1.29 is 4.79 Å². The topological polar surface area (TPSA) is 68.0 Å². The summed E-state index contributed by atoms with van der Waals surface area (Å²) in [7, 11) is 0. The van der Waals surface area contributed by atoms with Gasteiger partial charge in [0.05, 0.1) is 11.2 Å². The lowest BCUT2D eigenvalue weighted by Gasteiger charge is -2.05. The molecule has 1 aromatic heterocycles. The van der Waals surface area contributed by atoms with E-state index in [0.717, 1.165) is 17.0 Å². The second-order valence-electron chi connectivity index (χ2n) is 4.28. The number of nitrogens with zero attached hydrogens (tertiary/aromatic N) is 1. The van der Waals surface area contributed by atoms with Crippen molar-refractivity contribution in [1.29, 1.82) is 0 Å². The minimum Gasteiger partial charge on any atom is -0.347 e. The number of hydrogen-bond donors (Lipinski definition) is 2. The molecule has 0 radical (unpaired) electrons. The lowest BCUT2D eigenvalue weighted by molar-refractivity contribution is 0.0955. The molecular formula is C14H17N3OS. The Labute approximate surface area is 116 Å². The fourth-order valence-electron chi connectivity index (χ4n) is 1.73. The molecule has 0 saturated heterocycles. The smallest absolute Gasteiger partial charge is 0.263 e. The van der Waals surface area contributed by atoms with E-state index >= 15 is 0 Å². The first kappa shape index (κ1) is 13.7. The quantitative estimate of drug-likeness (QED) is 0.875. The van der Waals surface area contributed by atoms with Crippen molar-refractivity contribution in [2.45, 2.75) is 19.9 Å². The second kappa shape index (κ2) is 6.45. The van der Waals surface area contributed by atoms with Crippen LogP contribution in [-0.2, 0) is 13.0 Å². The molecule has 1 aromatic carbocycles. The summed E-state index contributed by atoms with van der Waals surface area (Å²) in [5, 5.41) is 3.79. The van der Waals surface area contributed by atoms with Crippen LogP contribution in [0.3, 0.4) is 0 Å². The van der Waals surface area contributed by atoms with Gasteiger partial charge in [-0.1, -0.05) is 24.3 Å². The van der Waals surface area contributed by atoms with Crippen LogP contribution in [0.15, 0.2) is 30.5 Å². The Morgan fingerprint density at radius 2 is 2.00 bits per heavy atom. The van der Waals surface area contributed by atoms with Gasteiger partial charge in [-0.05, 0) is 31.0 Å². The van der Waals surface area contributed by atoms with Crippen molar-refractivity contribution in [3.8, 4) is 0 Å². The van der Waals surface area contributed by atoms with E-state index in [1.54, 1.807) is 6.20 Å². The van der Waals surface area contributed by atoms with Crippen LogP contribution in [0.2, 0.25) is 0 Å². The summed E-state index contributed by atoms with van der Waals surface area (Å²) in [6.45, 7) is 3.07. The van der Waals surface area contributed by atoms with E-state index in [-0.39, 0.29) is 5.91 Å². The number of amides is 1. The number of thiazole rings is 1. The van der Waals surface area contributed by atoms with Crippen LogP contribution in [0.5, 0.6) is 0 Å². The fraction of sp³-hybridized carbons (Fsp3) is 0.286. The van der Waals surface area contributed by atoms with Gasteiger partial charge in [-0.2, -0.15) is 0 Å². The van der Waals surface area contributed by atoms with Crippen LogP contribution >= 0.6 is 11.3 Å². The normalized spacial score (nSPS) is 10.4. The van der Waals surface area contributed by atoms with Gasteiger partial charge in [0.25, 0.3) is 5.91 Å². The van der Waals surface area contributed by atoms with Crippen molar-refractivity contribution in [3.63, 3.8) is 0 Å². The van der Waals surface area contributed by atoms with Crippen LogP contribution in [0.25, 0.3) is 0 Å². The number of nitrogens with two attached hydrogens (primary N) is 1. The van der Waals surface area contributed by atoms with E-state index < -0.39 is 0 Å². The number of aromatic nitrogens is 1.